The van der Waals surface area contributed by atoms with Gasteiger partial charge in [0.2, 0.25) is 5.88 Å². The largest absolute Gasteiger partial charge is 0.473 e. The van der Waals surface area contributed by atoms with Crippen molar-refractivity contribution < 1.29 is 14.2 Å². The van der Waals surface area contributed by atoms with Crippen molar-refractivity contribution in [1.29, 1.82) is 0 Å². The minimum Gasteiger partial charge on any atom is -0.473 e. The van der Waals surface area contributed by atoms with Gasteiger partial charge >= 0.3 is 6.01 Å². The Hall–Kier alpha value is -3.49. The lowest BCUT2D eigenvalue weighted by Crippen LogP contribution is -2.11. The number of pyridine rings is 1. The van der Waals surface area contributed by atoms with Crippen LogP contribution in [0.3, 0.4) is 0 Å². The van der Waals surface area contributed by atoms with Crippen LogP contribution in [0.25, 0.3) is 22.5 Å². The third kappa shape index (κ3) is 7.00. The quantitative estimate of drug-likeness (QED) is 0.188. The fourth-order valence-corrected chi connectivity index (χ4v) is 3.93. The van der Waals surface area contributed by atoms with Crippen molar-refractivity contribution in [2.75, 3.05) is 13.2 Å². The third-order valence-electron chi connectivity index (χ3n) is 5.31. The first-order valence-electron chi connectivity index (χ1n) is 11.8. The van der Waals surface area contributed by atoms with Crippen molar-refractivity contribution in [3.8, 4) is 34.4 Å². The Kier molecular flexibility index (Phi) is 8.64. The number of rotatable bonds is 12. The summed E-state index contributed by atoms with van der Waals surface area (Å²) in [4.78, 5) is 9.02. The van der Waals surface area contributed by atoms with Crippen LogP contribution in [0.4, 0.5) is 0 Å². The predicted octanol–water partition coefficient (Wildman–Crippen LogP) is 5.71. The van der Waals surface area contributed by atoms with Gasteiger partial charge in [0.1, 0.15) is 13.3 Å². The topological polar surface area (TPSA) is 71.3 Å². The number of hydrogen-bond donors (Lipinski definition) is 0. The van der Waals surface area contributed by atoms with Gasteiger partial charge in [-0.25, -0.2) is 4.98 Å². The van der Waals surface area contributed by atoms with E-state index in [0.29, 0.717) is 37.7 Å². The second-order valence-electron chi connectivity index (χ2n) is 8.38. The molecule has 0 aliphatic heterocycles. The lowest BCUT2D eigenvalue weighted by molar-refractivity contribution is 0.0703. The van der Waals surface area contributed by atoms with E-state index in [0.717, 1.165) is 34.9 Å². The van der Waals surface area contributed by atoms with Crippen LogP contribution in [0.5, 0.6) is 11.9 Å². The summed E-state index contributed by atoms with van der Waals surface area (Å²) in [7, 11) is -0.303. The normalized spacial score (nSPS) is 11.1. The van der Waals surface area contributed by atoms with Gasteiger partial charge in [-0.1, -0.05) is 67.7 Å². The maximum Gasteiger partial charge on any atom is 0.317 e. The molecule has 8 heteroatoms. The van der Waals surface area contributed by atoms with E-state index in [-0.39, 0.29) is 8.80 Å². The Morgan fingerprint density at radius 2 is 1.60 bits per heavy atom. The number of nitrogens with zero attached hydrogens (tertiary/aromatic N) is 4. The van der Waals surface area contributed by atoms with E-state index in [1.54, 1.807) is 4.68 Å². The molecular weight excluding hydrogens is 456 g/mol. The Morgan fingerprint density at radius 1 is 0.857 bits per heavy atom. The molecule has 2 aromatic heterocycles. The molecule has 7 nitrogen and oxygen atoms in total. The second-order valence-corrected chi connectivity index (χ2v) is 11.3. The van der Waals surface area contributed by atoms with Crippen molar-refractivity contribution >= 4 is 8.80 Å². The van der Waals surface area contributed by atoms with Crippen molar-refractivity contribution in [3.63, 3.8) is 0 Å². The van der Waals surface area contributed by atoms with Crippen LogP contribution in [0.2, 0.25) is 19.1 Å². The fraction of sp³-hybridized carbons (Fsp3) is 0.296. The van der Waals surface area contributed by atoms with Gasteiger partial charge in [-0.05, 0) is 30.2 Å². The van der Waals surface area contributed by atoms with E-state index in [1.807, 2.05) is 79.9 Å². The van der Waals surface area contributed by atoms with Crippen molar-refractivity contribution in [2.45, 2.75) is 39.4 Å². The first-order chi connectivity index (χ1) is 17.1. The van der Waals surface area contributed by atoms with Crippen LogP contribution in [-0.2, 0) is 18.1 Å². The number of hydrogen-bond acceptors (Lipinski definition) is 6. The van der Waals surface area contributed by atoms with Gasteiger partial charge in [-0.3, -0.25) is 0 Å². The average molecular weight is 488 g/mol. The fourth-order valence-electron chi connectivity index (χ4n) is 3.38. The van der Waals surface area contributed by atoms with E-state index < -0.39 is 0 Å². The Bertz CT molecular complexity index is 1180. The minimum atomic E-state index is -0.303. The van der Waals surface area contributed by atoms with Crippen molar-refractivity contribution in [3.05, 3.63) is 78.5 Å². The van der Waals surface area contributed by atoms with E-state index >= 15 is 0 Å². The molecule has 0 fully saturated rings. The molecule has 0 aliphatic carbocycles. The molecule has 0 aliphatic rings. The number of aromatic nitrogens is 4. The summed E-state index contributed by atoms with van der Waals surface area (Å²) in [5.74, 6) is 1.21. The van der Waals surface area contributed by atoms with Gasteiger partial charge in [0.15, 0.2) is 5.82 Å². The summed E-state index contributed by atoms with van der Waals surface area (Å²) in [5.41, 5.74) is 4.09. The molecule has 0 bridgehead atoms. The summed E-state index contributed by atoms with van der Waals surface area (Å²) in [6.07, 6.45) is 1.83. The molecule has 0 amide bonds. The number of benzene rings is 2. The molecule has 0 saturated heterocycles. The highest BCUT2D eigenvalue weighted by Crippen LogP contribution is 2.25. The summed E-state index contributed by atoms with van der Waals surface area (Å²) in [6.45, 7) is 8.56. The van der Waals surface area contributed by atoms with Crippen LogP contribution in [0, 0.1) is 0 Å². The molecule has 2 heterocycles. The van der Waals surface area contributed by atoms with E-state index in [1.165, 1.54) is 0 Å². The SMILES string of the molecule is CCOc1nc(-c2ccc(-c3ccc(OCc4ccccc4)nc3)cc2)nn1COCC[Si](C)C. The smallest absolute Gasteiger partial charge is 0.317 e. The molecule has 1 radical (unpaired) electrons. The van der Waals surface area contributed by atoms with Crippen LogP contribution in [-0.4, -0.2) is 41.8 Å². The third-order valence-corrected chi connectivity index (χ3v) is 6.52. The molecule has 4 rings (SSSR count). The summed E-state index contributed by atoms with van der Waals surface area (Å²) < 4.78 is 18.9. The van der Waals surface area contributed by atoms with Gasteiger partial charge in [0.25, 0.3) is 0 Å². The first-order valence-corrected chi connectivity index (χ1v) is 14.5. The van der Waals surface area contributed by atoms with Gasteiger partial charge in [0.05, 0.1) is 6.61 Å². The van der Waals surface area contributed by atoms with Crippen molar-refractivity contribution in [2.24, 2.45) is 0 Å². The van der Waals surface area contributed by atoms with Gasteiger partial charge in [-0.2, -0.15) is 9.67 Å². The van der Waals surface area contributed by atoms with Gasteiger partial charge in [0, 0.05) is 38.8 Å². The highest BCUT2D eigenvalue weighted by molar-refractivity contribution is 6.55. The Labute approximate surface area is 208 Å². The lowest BCUT2D eigenvalue weighted by Gasteiger charge is -2.07. The molecule has 35 heavy (non-hydrogen) atoms. The molecule has 0 atom stereocenters. The minimum absolute atomic E-state index is 0.303. The van der Waals surface area contributed by atoms with E-state index in [9.17, 15) is 0 Å². The average Bonchev–Trinajstić information content (AvgIpc) is 3.29. The molecule has 181 valence electrons. The standard InChI is InChI=1S/C27H31N4O3Si/c1-4-33-27-29-26(30-31(27)20-32-16-17-35(2)3)23-12-10-22(11-13-23)24-14-15-25(28-18-24)34-19-21-8-6-5-7-9-21/h5-15,18H,4,16-17,19-20H2,1-3H3. The van der Waals surface area contributed by atoms with E-state index in [2.05, 4.69) is 28.2 Å². The molecule has 2 aromatic carbocycles. The summed E-state index contributed by atoms with van der Waals surface area (Å²) >= 11 is 0. The highest BCUT2D eigenvalue weighted by Gasteiger charge is 2.13. The zero-order chi connectivity index (χ0) is 24.5. The highest BCUT2D eigenvalue weighted by atomic mass is 28.3. The summed E-state index contributed by atoms with van der Waals surface area (Å²) in [5, 5.41) is 4.61. The van der Waals surface area contributed by atoms with Crippen molar-refractivity contribution in [1.82, 2.24) is 19.7 Å². The molecular formula is C27H31N4O3Si. The van der Waals surface area contributed by atoms with Crippen LogP contribution in [0.1, 0.15) is 12.5 Å². The first kappa shape index (κ1) is 24.6. The summed E-state index contributed by atoms with van der Waals surface area (Å²) in [6, 6.07) is 23.6. The van der Waals surface area contributed by atoms with Crippen LogP contribution >= 0.6 is 0 Å². The predicted molar refractivity (Wildman–Crippen MR) is 139 cm³/mol. The second kappa shape index (κ2) is 12.3. The maximum absolute atomic E-state index is 5.79. The molecule has 0 N–H and O–H groups in total. The zero-order valence-electron chi connectivity index (χ0n) is 20.5. The Morgan fingerprint density at radius 3 is 2.29 bits per heavy atom. The van der Waals surface area contributed by atoms with Crippen LogP contribution < -0.4 is 9.47 Å². The van der Waals surface area contributed by atoms with Gasteiger partial charge in [-0.15, -0.1) is 5.10 Å². The van der Waals surface area contributed by atoms with Crippen LogP contribution in [0.15, 0.2) is 72.9 Å². The zero-order valence-corrected chi connectivity index (χ0v) is 21.5. The van der Waals surface area contributed by atoms with Gasteiger partial charge < -0.3 is 14.2 Å². The molecule has 4 aromatic rings. The molecule has 0 spiro atoms. The molecule has 0 saturated carbocycles. The number of ether oxygens (including phenoxy) is 3. The Balaban J connectivity index is 1.40. The monoisotopic (exact) mass is 487 g/mol. The maximum atomic E-state index is 5.79. The van der Waals surface area contributed by atoms with E-state index in [4.69, 9.17) is 14.2 Å². The molecule has 0 unspecified atom stereocenters. The lowest BCUT2D eigenvalue weighted by atomic mass is 10.1.